The smallest absolute Gasteiger partial charge is 0.246 e. The molecule has 0 bridgehead atoms. The topological polar surface area (TPSA) is 101 Å². The molecule has 1 aromatic heterocycles. The van der Waals surface area contributed by atoms with Gasteiger partial charge in [0.2, 0.25) is 15.9 Å². The Labute approximate surface area is 141 Å². The minimum atomic E-state index is -3.89. The summed E-state index contributed by atoms with van der Waals surface area (Å²) >= 11 is 0. The fourth-order valence-electron chi connectivity index (χ4n) is 2.37. The molecule has 1 amide bonds. The molecule has 2 aromatic rings. The molecular formula is C16H21N3O4S. The normalized spacial score (nSPS) is 14.2. The number of hydrogen-bond acceptors (Lipinski definition) is 5. The Balaban J connectivity index is 2.06. The number of aromatic nitrogens is 1. The average Bonchev–Trinajstić information content (AvgIpc) is 2.87. The van der Waals surface area contributed by atoms with Gasteiger partial charge in [0, 0.05) is 0 Å². The van der Waals surface area contributed by atoms with E-state index < -0.39 is 22.0 Å². The number of nitrogens with zero attached hydrogens (tertiary/aromatic N) is 1. The SMILES string of the molecule is Cc1noc(C)c1S(=O)(=O)N[C@H](C)C(=O)N[C@@H](C)c1ccccc1. The van der Waals surface area contributed by atoms with Crippen molar-refractivity contribution >= 4 is 15.9 Å². The number of nitrogens with one attached hydrogen (secondary N) is 2. The summed E-state index contributed by atoms with van der Waals surface area (Å²) in [5, 5.41) is 6.42. The first-order chi connectivity index (χ1) is 11.2. The van der Waals surface area contributed by atoms with Gasteiger partial charge in [0.25, 0.3) is 0 Å². The van der Waals surface area contributed by atoms with Crippen LogP contribution in [0.3, 0.4) is 0 Å². The predicted octanol–water partition coefficient (Wildman–Crippen LogP) is 1.84. The van der Waals surface area contributed by atoms with Crippen LogP contribution in [0.1, 0.15) is 36.9 Å². The van der Waals surface area contributed by atoms with Gasteiger partial charge in [0.15, 0.2) is 5.76 Å². The molecule has 0 fully saturated rings. The number of hydrogen-bond donors (Lipinski definition) is 2. The predicted molar refractivity (Wildman–Crippen MR) is 88.8 cm³/mol. The van der Waals surface area contributed by atoms with E-state index in [0.717, 1.165) is 5.56 Å². The molecule has 0 aliphatic carbocycles. The van der Waals surface area contributed by atoms with E-state index >= 15 is 0 Å². The molecule has 8 heteroatoms. The lowest BCUT2D eigenvalue weighted by Crippen LogP contribution is -2.45. The van der Waals surface area contributed by atoms with E-state index in [9.17, 15) is 13.2 Å². The fraction of sp³-hybridized carbons (Fsp3) is 0.375. The van der Waals surface area contributed by atoms with E-state index in [-0.39, 0.29) is 22.4 Å². The van der Waals surface area contributed by atoms with E-state index in [4.69, 9.17) is 4.52 Å². The maximum atomic E-state index is 12.4. The lowest BCUT2D eigenvalue weighted by atomic mass is 10.1. The van der Waals surface area contributed by atoms with Gasteiger partial charge < -0.3 is 9.84 Å². The van der Waals surface area contributed by atoms with E-state index in [1.807, 2.05) is 37.3 Å². The number of sulfonamides is 1. The molecule has 24 heavy (non-hydrogen) atoms. The third kappa shape index (κ3) is 4.01. The number of carbonyl (C=O) groups excluding carboxylic acids is 1. The standard InChI is InChI=1S/C16H21N3O4S/c1-10(14-8-6-5-7-9-14)17-16(20)12(3)19-24(21,22)15-11(2)18-23-13(15)4/h5-10,12,19H,1-4H3,(H,17,20)/t10-,12+/m0/s1. The quantitative estimate of drug-likeness (QED) is 0.827. The first-order valence-electron chi connectivity index (χ1n) is 7.53. The third-order valence-electron chi connectivity index (χ3n) is 3.62. The van der Waals surface area contributed by atoms with Crippen molar-refractivity contribution in [3.63, 3.8) is 0 Å². The summed E-state index contributed by atoms with van der Waals surface area (Å²) in [6, 6.07) is 8.26. The van der Waals surface area contributed by atoms with Gasteiger partial charge in [-0.2, -0.15) is 4.72 Å². The maximum absolute atomic E-state index is 12.4. The lowest BCUT2D eigenvalue weighted by molar-refractivity contribution is -0.123. The van der Waals surface area contributed by atoms with Crippen molar-refractivity contribution in [2.75, 3.05) is 0 Å². The highest BCUT2D eigenvalue weighted by Crippen LogP contribution is 2.19. The fourth-order valence-corrected chi connectivity index (χ4v) is 3.90. The molecule has 7 nitrogen and oxygen atoms in total. The summed E-state index contributed by atoms with van der Waals surface area (Å²) in [5.74, 6) is -0.230. The molecular weight excluding hydrogens is 330 g/mol. The van der Waals surface area contributed by atoms with E-state index in [1.165, 1.54) is 20.8 Å². The zero-order valence-electron chi connectivity index (χ0n) is 14.0. The van der Waals surface area contributed by atoms with Crippen LogP contribution in [0.15, 0.2) is 39.8 Å². The molecule has 2 rings (SSSR count). The van der Waals surface area contributed by atoms with Gasteiger partial charge in [-0.05, 0) is 33.3 Å². The zero-order valence-corrected chi connectivity index (χ0v) is 14.8. The average molecular weight is 351 g/mol. The van der Waals surface area contributed by atoms with Crippen LogP contribution in [-0.2, 0) is 14.8 Å². The van der Waals surface area contributed by atoms with E-state index in [0.29, 0.717) is 0 Å². The highest BCUT2D eigenvalue weighted by atomic mass is 32.2. The largest absolute Gasteiger partial charge is 0.360 e. The van der Waals surface area contributed by atoms with Crippen molar-refractivity contribution in [2.45, 2.75) is 44.7 Å². The summed E-state index contributed by atoms with van der Waals surface area (Å²) in [4.78, 5) is 12.2. The Morgan fingerprint density at radius 2 is 1.79 bits per heavy atom. The molecule has 0 aliphatic heterocycles. The second-order valence-corrected chi connectivity index (χ2v) is 7.29. The van der Waals surface area contributed by atoms with Crippen LogP contribution >= 0.6 is 0 Å². The van der Waals surface area contributed by atoms with Gasteiger partial charge in [-0.25, -0.2) is 8.42 Å². The Kier molecular flexibility index (Phi) is 5.40. The molecule has 0 saturated heterocycles. The third-order valence-corrected chi connectivity index (χ3v) is 5.40. The second kappa shape index (κ2) is 7.14. The summed E-state index contributed by atoms with van der Waals surface area (Å²) in [5.41, 5.74) is 1.19. The molecule has 1 heterocycles. The van der Waals surface area contributed by atoms with Crippen LogP contribution in [0.25, 0.3) is 0 Å². The molecule has 0 saturated carbocycles. The highest BCUT2D eigenvalue weighted by molar-refractivity contribution is 7.89. The molecule has 130 valence electrons. The van der Waals surface area contributed by atoms with Gasteiger partial charge in [-0.1, -0.05) is 35.5 Å². The first kappa shape index (κ1) is 18.2. The molecule has 0 unspecified atom stereocenters. The van der Waals surface area contributed by atoms with E-state index in [1.54, 1.807) is 0 Å². The van der Waals surface area contributed by atoms with Crippen molar-refractivity contribution in [1.29, 1.82) is 0 Å². The minimum Gasteiger partial charge on any atom is -0.360 e. The Hall–Kier alpha value is -2.19. The zero-order chi connectivity index (χ0) is 17.9. The van der Waals surface area contributed by atoms with Crippen LogP contribution in [-0.4, -0.2) is 25.5 Å². The van der Waals surface area contributed by atoms with Crippen LogP contribution in [0.2, 0.25) is 0 Å². The van der Waals surface area contributed by atoms with Crippen molar-refractivity contribution in [2.24, 2.45) is 0 Å². The van der Waals surface area contributed by atoms with Gasteiger partial charge in [-0.15, -0.1) is 0 Å². The summed E-state index contributed by atoms with van der Waals surface area (Å²) < 4.78 is 32.1. The van der Waals surface area contributed by atoms with Crippen molar-refractivity contribution in [3.05, 3.63) is 47.3 Å². The van der Waals surface area contributed by atoms with Gasteiger partial charge >= 0.3 is 0 Å². The molecule has 2 N–H and O–H groups in total. The van der Waals surface area contributed by atoms with Crippen LogP contribution < -0.4 is 10.0 Å². The maximum Gasteiger partial charge on any atom is 0.246 e. The minimum absolute atomic E-state index is 0.0294. The van der Waals surface area contributed by atoms with Crippen molar-refractivity contribution < 1.29 is 17.7 Å². The molecule has 0 aliphatic rings. The van der Waals surface area contributed by atoms with Gasteiger partial charge in [0.1, 0.15) is 10.6 Å². The monoisotopic (exact) mass is 351 g/mol. The Morgan fingerprint density at radius 3 is 2.33 bits per heavy atom. The van der Waals surface area contributed by atoms with E-state index in [2.05, 4.69) is 15.2 Å². The van der Waals surface area contributed by atoms with Gasteiger partial charge in [-0.3, -0.25) is 4.79 Å². The van der Waals surface area contributed by atoms with Crippen molar-refractivity contribution in [3.8, 4) is 0 Å². The number of amides is 1. The highest BCUT2D eigenvalue weighted by Gasteiger charge is 2.28. The molecule has 2 atom stereocenters. The second-order valence-electron chi connectivity index (χ2n) is 5.64. The summed E-state index contributed by atoms with van der Waals surface area (Å²) in [6.07, 6.45) is 0. The molecule has 1 aromatic carbocycles. The molecule has 0 radical (unpaired) electrons. The number of aryl methyl sites for hydroxylation is 2. The number of rotatable bonds is 6. The first-order valence-corrected chi connectivity index (χ1v) is 9.01. The Bertz CT molecular complexity index is 796. The molecule has 0 spiro atoms. The van der Waals surface area contributed by atoms with Crippen LogP contribution in [0.5, 0.6) is 0 Å². The van der Waals surface area contributed by atoms with Crippen molar-refractivity contribution in [1.82, 2.24) is 15.2 Å². The lowest BCUT2D eigenvalue weighted by Gasteiger charge is -2.18. The summed E-state index contributed by atoms with van der Waals surface area (Å²) in [7, 11) is -3.89. The Morgan fingerprint density at radius 1 is 1.17 bits per heavy atom. The summed E-state index contributed by atoms with van der Waals surface area (Å²) in [6.45, 7) is 6.37. The van der Waals surface area contributed by atoms with Crippen LogP contribution in [0.4, 0.5) is 0 Å². The van der Waals surface area contributed by atoms with Gasteiger partial charge in [0.05, 0.1) is 12.1 Å². The van der Waals surface area contributed by atoms with Crippen LogP contribution in [0, 0.1) is 13.8 Å². The number of benzene rings is 1. The number of carbonyl (C=O) groups is 1.